The van der Waals surface area contributed by atoms with Crippen molar-refractivity contribution in [3.05, 3.63) is 0 Å². The molecule has 0 spiro atoms. The molecule has 0 radical (unpaired) electrons. The van der Waals surface area contributed by atoms with Crippen LogP contribution in [0.15, 0.2) is 0 Å². The molecule has 0 aliphatic heterocycles. The minimum atomic E-state index is -6.58. The SMILES string of the molecule is CCC(F)(C(F)(F)F)C(C)(C)OC(F)(F)C(F)(C(C)(C)F)C(F)(F)F. The van der Waals surface area contributed by atoms with Gasteiger partial charge < -0.3 is 4.74 Å². The highest BCUT2D eigenvalue weighted by atomic mass is 19.4. The van der Waals surface area contributed by atoms with Crippen LogP contribution in [-0.4, -0.2) is 41.1 Å². The Morgan fingerprint density at radius 1 is 0.640 bits per heavy atom. The van der Waals surface area contributed by atoms with Gasteiger partial charge in [-0.1, -0.05) is 6.92 Å². The third-order valence-corrected chi connectivity index (χ3v) is 3.89. The van der Waals surface area contributed by atoms with E-state index in [1.165, 1.54) is 0 Å². The van der Waals surface area contributed by atoms with Crippen LogP contribution in [-0.2, 0) is 4.74 Å². The maximum Gasteiger partial charge on any atom is 0.434 e. The average Bonchev–Trinajstić information content (AvgIpc) is 2.30. The topological polar surface area (TPSA) is 9.23 Å². The third-order valence-electron chi connectivity index (χ3n) is 3.89. The first-order valence-electron chi connectivity index (χ1n) is 6.80. The first kappa shape index (κ1) is 24.2. The van der Waals surface area contributed by atoms with Gasteiger partial charge in [0.1, 0.15) is 5.60 Å². The number of alkyl halides is 11. The predicted molar refractivity (Wildman–Crippen MR) is 65.4 cm³/mol. The van der Waals surface area contributed by atoms with E-state index in [-0.39, 0.29) is 27.7 Å². The zero-order chi connectivity index (χ0) is 20.9. The van der Waals surface area contributed by atoms with Crippen LogP contribution in [0.4, 0.5) is 48.3 Å². The molecule has 0 bridgehead atoms. The molecule has 2 unspecified atom stereocenters. The third kappa shape index (κ3) is 3.68. The highest BCUT2D eigenvalue weighted by Gasteiger charge is 2.81. The molecule has 0 aromatic heterocycles. The summed E-state index contributed by atoms with van der Waals surface area (Å²) in [6, 6.07) is 0. The van der Waals surface area contributed by atoms with Gasteiger partial charge in [-0.05, 0) is 34.1 Å². The smallest absolute Gasteiger partial charge is 0.308 e. The van der Waals surface area contributed by atoms with Crippen molar-refractivity contribution in [1.82, 2.24) is 0 Å². The van der Waals surface area contributed by atoms with Crippen molar-refractivity contribution in [3.63, 3.8) is 0 Å². The average molecular weight is 398 g/mol. The quantitative estimate of drug-likeness (QED) is 0.493. The standard InChI is InChI=1S/C13H17F11O/c1-6-9(15,11(17,18)19)8(4,5)25-13(23,24)10(16,7(2,3)14)12(20,21)22/h6H2,1-5H3. The molecule has 0 amide bonds. The highest BCUT2D eigenvalue weighted by Crippen LogP contribution is 2.56. The highest BCUT2D eigenvalue weighted by molar-refractivity contribution is 5.09. The van der Waals surface area contributed by atoms with E-state index in [9.17, 15) is 48.3 Å². The molecule has 0 N–H and O–H groups in total. The summed E-state index contributed by atoms with van der Waals surface area (Å²) in [6.07, 6.45) is -20.1. The van der Waals surface area contributed by atoms with Crippen molar-refractivity contribution >= 4 is 0 Å². The molecule has 0 heterocycles. The van der Waals surface area contributed by atoms with Crippen LogP contribution in [0.25, 0.3) is 0 Å². The van der Waals surface area contributed by atoms with Gasteiger partial charge >= 0.3 is 24.1 Å². The Balaban J connectivity index is 6.29. The Morgan fingerprint density at radius 3 is 1.20 bits per heavy atom. The summed E-state index contributed by atoms with van der Waals surface area (Å²) in [5.74, 6) is 0. The van der Waals surface area contributed by atoms with Crippen LogP contribution < -0.4 is 0 Å². The van der Waals surface area contributed by atoms with E-state index in [0.717, 1.165) is 0 Å². The summed E-state index contributed by atoms with van der Waals surface area (Å²) < 4.78 is 150. The number of rotatable bonds is 6. The first-order valence-corrected chi connectivity index (χ1v) is 6.80. The van der Waals surface area contributed by atoms with Crippen molar-refractivity contribution in [2.75, 3.05) is 0 Å². The van der Waals surface area contributed by atoms with E-state index in [4.69, 9.17) is 0 Å². The second kappa shape index (κ2) is 6.12. The summed E-state index contributed by atoms with van der Waals surface area (Å²) in [5, 5.41) is 0. The van der Waals surface area contributed by atoms with E-state index in [1.807, 2.05) is 0 Å². The lowest BCUT2D eigenvalue weighted by molar-refractivity contribution is -0.442. The van der Waals surface area contributed by atoms with Gasteiger partial charge in [-0.2, -0.15) is 35.1 Å². The zero-order valence-corrected chi connectivity index (χ0v) is 13.8. The molecular formula is C13H17F11O. The van der Waals surface area contributed by atoms with Crippen LogP contribution in [0.3, 0.4) is 0 Å². The Kier molecular flexibility index (Phi) is 5.92. The molecule has 0 aromatic rings. The molecule has 0 aromatic carbocycles. The van der Waals surface area contributed by atoms with Gasteiger partial charge in [0.15, 0.2) is 5.67 Å². The molecule has 12 heteroatoms. The fourth-order valence-corrected chi connectivity index (χ4v) is 2.29. The predicted octanol–water partition coefficient (Wildman–Crippen LogP) is 6.07. The van der Waals surface area contributed by atoms with E-state index in [2.05, 4.69) is 4.74 Å². The second-order valence-corrected chi connectivity index (χ2v) is 6.41. The number of hydrogen-bond acceptors (Lipinski definition) is 1. The summed E-state index contributed by atoms with van der Waals surface area (Å²) in [7, 11) is 0. The Hall–Kier alpha value is -0.810. The van der Waals surface area contributed by atoms with Crippen molar-refractivity contribution < 1.29 is 53.0 Å². The molecule has 0 saturated heterocycles. The van der Waals surface area contributed by atoms with Gasteiger partial charge in [0.25, 0.3) is 0 Å². The lowest BCUT2D eigenvalue weighted by Crippen LogP contribution is -2.70. The van der Waals surface area contributed by atoms with Crippen LogP contribution >= 0.6 is 0 Å². The van der Waals surface area contributed by atoms with E-state index >= 15 is 0 Å². The van der Waals surface area contributed by atoms with Gasteiger partial charge in [-0.3, -0.25) is 0 Å². The largest absolute Gasteiger partial charge is 0.434 e. The molecule has 25 heavy (non-hydrogen) atoms. The summed E-state index contributed by atoms with van der Waals surface area (Å²) in [4.78, 5) is 0. The van der Waals surface area contributed by atoms with Gasteiger partial charge in [-0.15, -0.1) is 0 Å². The molecule has 0 rings (SSSR count). The Bertz CT molecular complexity index is 458. The van der Waals surface area contributed by atoms with E-state index in [1.54, 1.807) is 0 Å². The maximum absolute atomic E-state index is 14.2. The van der Waals surface area contributed by atoms with Crippen molar-refractivity contribution in [2.45, 2.75) is 82.1 Å². The van der Waals surface area contributed by atoms with Crippen LogP contribution in [0.5, 0.6) is 0 Å². The maximum atomic E-state index is 14.2. The van der Waals surface area contributed by atoms with Crippen LogP contribution in [0.1, 0.15) is 41.0 Å². The second-order valence-electron chi connectivity index (χ2n) is 6.41. The van der Waals surface area contributed by atoms with Crippen molar-refractivity contribution in [2.24, 2.45) is 0 Å². The van der Waals surface area contributed by atoms with Crippen LogP contribution in [0.2, 0.25) is 0 Å². The summed E-state index contributed by atoms with van der Waals surface area (Å²) >= 11 is 0. The van der Waals surface area contributed by atoms with E-state index in [0.29, 0.717) is 6.92 Å². The van der Waals surface area contributed by atoms with Gasteiger partial charge in [-0.25, -0.2) is 13.2 Å². The Labute approximate surface area is 136 Å². The van der Waals surface area contributed by atoms with Gasteiger partial charge in [0.05, 0.1) is 0 Å². The van der Waals surface area contributed by atoms with Gasteiger partial charge in [0.2, 0.25) is 5.67 Å². The summed E-state index contributed by atoms with van der Waals surface area (Å²) in [6.45, 7) is 0.316. The summed E-state index contributed by atoms with van der Waals surface area (Å²) in [5.41, 5.74) is -18.6. The number of halogens is 11. The molecule has 1 nitrogen and oxygen atoms in total. The molecular weight excluding hydrogens is 381 g/mol. The minimum Gasteiger partial charge on any atom is -0.308 e. The zero-order valence-electron chi connectivity index (χ0n) is 13.8. The fraction of sp³-hybridized carbons (Fsp3) is 1.00. The van der Waals surface area contributed by atoms with Gasteiger partial charge in [0, 0.05) is 0 Å². The molecule has 0 fully saturated rings. The molecule has 152 valence electrons. The fourth-order valence-electron chi connectivity index (χ4n) is 2.29. The normalized spacial score (nSPS) is 20.2. The molecule has 0 saturated carbocycles. The molecule has 0 aliphatic rings. The number of hydrogen-bond donors (Lipinski definition) is 0. The van der Waals surface area contributed by atoms with Crippen molar-refractivity contribution in [3.8, 4) is 0 Å². The minimum absolute atomic E-state index is 0.0694. The molecule has 2 atom stereocenters. The Morgan fingerprint density at radius 2 is 1.00 bits per heavy atom. The lowest BCUT2D eigenvalue weighted by atomic mass is 9.82. The first-order chi connectivity index (χ1) is 10.5. The number of ether oxygens (including phenoxy) is 1. The van der Waals surface area contributed by atoms with E-state index < -0.39 is 47.5 Å². The lowest BCUT2D eigenvalue weighted by Gasteiger charge is -2.47. The van der Waals surface area contributed by atoms with Crippen molar-refractivity contribution in [1.29, 1.82) is 0 Å². The van der Waals surface area contributed by atoms with Crippen LogP contribution in [0, 0.1) is 0 Å². The monoisotopic (exact) mass is 398 g/mol. The molecule has 0 aliphatic carbocycles.